The second kappa shape index (κ2) is 7.45. The van der Waals surface area contributed by atoms with E-state index in [1.54, 1.807) is 0 Å². The number of halogens is 1. The molecule has 1 atom stereocenters. The van der Waals surface area contributed by atoms with Gasteiger partial charge in [-0.2, -0.15) is 0 Å². The maximum Gasteiger partial charge on any atom is 0.258 e. The molecule has 4 heteroatoms. The summed E-state index contributed by atoms with van der Waals surface area (Å²) < 4.78 is 6.56. The molecule has 2 rings (SSSR count). The largest absolute Gasteiger partial charge is 0.484 e. The molecule has 22 heavy (non-hydrogen) atoms. The molecule has 0 bridgehead atoms. The summed E-state index contributed by atoms with van der Waals surface area (Å²) in [5, 5.41) is 2.93. The molecule has 1 amide bonds. The number of ether oxygens (including phenoxy) is 1. The summed E-state index contributed by atoms with van der Waals surface area (Å²) >= 11 is 3.40. The average molecular weight is 362 g/mol. The molecule has 116 valence electrons. The van der Waals surface area contributed by atoms with Crippen molar-refractivity contribution in [2.24, 2.45) is 0 Å². The molecule has 0 aromatic heterocycles. The first-order valence-electron chi connectivity index (χ1n) is 7.20. The van der Waals surface area contributed by atoms with E-state index in [2.05, 4.69) is 21.2 Å². The molecule has 0 saturated heterocycles. The molecule has 0 spiro atoms. The lowest BCUT2D eigenvalue weighted by Crippen LogP contribution is -2.31. The Bertz CT molecular complexity index is 653. The standard InChI is InChI=1S/C18H20BrNO2/c1-12-4-9-17(10-13(12)2)22-11-18(21)20-14(3)15-5-7-16(19)8-6-15/h4-10,14H,11H2,1-3H3,(H,20,21)/t14-/m1/s1. The van der Waals surface area contributed by atoms with Gasteiger partial charge in [0.2, 0.25) is 0 Å². The van der Waals surface area contributed by atoms with Gasteiger partial charge in [-0.05, 0) is 61.7 Å². The van der Waals surface area contributed by atoms with Crippen LogP contribution in [0.1, 0.15) is 29.7 Å². The summed E-state index contributed by atoms with van der Waals surface area (Å²) in [7, 11) is 0. The zero-order valence-electron chi connectivity index (χ0n) is 13.0. The Morgan fingerprint density at radius 3 is 2.45 bits per heavy atom. The number of carbonyl (C=O) groups is 1. The topological polar surface area (TPSA) is 38.3 Å². The minimum atomic E-state index is -0.131. The van der Waals surface area contributed by atoms with Crippen LogP contribution >= 0.6 is 15.9 Å². The highest BCUT2D eigenvalue weighted by atomic mass is 79.9. The summed E-state index contributed by atoms with van der Waals surface area (Å²) in [6.45, 7) is 6.05. The SMILES string of the molecule is Cc1ccc(OCC(=O)N[C@H](C)c2ccc(Br)cc2)cc1C. The van der Waals surface area contributed by atoms with E-state index >= 15 is 0 Å². The van der Waals surface area contributed by atoms with Gasteiger partial charge < -0.3 is 10.1 Å². The van der Waals surface area contributed by atoms with Crippen LogP contribution in [0.3, 0.4) is 0 Å². The first-order chi connectivity index (χ1) is 10.5. The highest BCUT2D eigenvalue weighted by Crippen LogP contribution is 2.18. The van der Waals surface area contributed by atoms with E-state index in [1.165, 1.54) is 5.56 Å². The van der Waals surface area contributed by atoms with E-state index in [9.17, 15) is 4.79 Å². The Labute approximate surface area is 139 Å². The predicted octanol–water partition coefficient (Wildman–Crippen LogP) is 4.32. The van der Waals surface area contributed by atoms with Gasteiger partial charge in [-0.1, -0.05) is 34.1 Å². The molecule has 0 aliphatic rings. The predicted molar refractivity (Wildman–Crippen MR) is 92.1 cm³/mol. The lowest BCUT2D eigenvalue weighted by atomic mass is 10.1. The number of carbonyl (C=O) groups excluding carboxylic acids is 1. The minimum Gasteiger partial charge on any atom is -0.484 e. The zero-order chi connectivity index (χ0) is 16.1. The van der Waals surface area contributed by atoms with E-state index in [-0.39, 0.29) is 18.6 Å². The van der Waals surface area contributed by atoms with Crippen LogP contribution in [0.4, 0.5) is 0 Å². The van der Waals surface area contributed by atoms with Crippen molar-refractivity contribution in [3.05, 3.63) is 63.6 Å². The van der Waals surface area contributed by atoms with Gasteiger partial charge in [0.1, 0.15) is 5.75 Å². The Morgan fingerprint density at radius 1 is 1.14 bits per heavy atom. The van der Waals surface area contributed by atoms with Crippen LogP contribution < -0.4 is 10.1 Å². The van der Waals surface area contributed by atoms with E-state index in [1.807, 2.05) is 63.2 Å². The molecule has 0 saturated carbocycles. The van der Waals surface area contributed by atoms with Crippen LogP contribution in [-0.2, 0) is 4.79 Å². The Hall–Kier alpha value is -1.81. The molecule has 3 nitrogen and oxygen atoms in total. The normalized spacial score (nSPS) is 11.8. The maximum atomic E-state index is 12.0. The number of nitrogens with one attached hydrogen (secondary N) is 1. The summed E-state index contributed by atoms with van der Waals surface area (Å²) in [4.78, 5) is 12.0. The third kappa shape index (κ3) is 4.60. The first kappa shape index (κ1) is 16.6. The number of amides is 1. The van der Waals surface area contributed by atoms with Gasteiger partial charge in [0.05, 0.1) is 6.04 Å². The first-order valence-corrected chi connectivity index (χ1v) is 8.00. The fraction of sp³-hybridized carbons (Fsp3) is 0.278. The van der Waals surface area contributed by atoms with E-state index < -0.39 is 0 Å². The van der Waals surface area contributed by atoms with Gasteiger partial charge in [-0.15, -0.1) is 0 Å². The van der Waals surface area contributed by atoms with Gasteiger partial charge in [0, 0.05) is 4.47 Å². The molecule has 0 radical (unpaired) electrons. The quantitative estimate of drug-likeness (QED) is 0.860. The third-order valence-corrected chi connectivity index (χ3v) is 4.12. The summed E-state index contributed by atoms with van der Waals surface area (Å²) in [5.74, 6) is 0.586. The summed E-state index contributed by atoms with van der Waals surface area (Å²) in [5.41, 5.74) is 3.42. The highest BCUT2D eigenvalue weighted by Gasteiger charge is 2.10. The molecule has 0 aliphatic carbocycles. The minimum absolute atomic E-state index is 0.0172. The van der Waals surface area contributed by atoms with E-state index in [4.69, 9.17) is 4.74 Å². The van der Waals surface area contributed by atoms with Crippen molar-refractivity contribution in [2.75, 3.05) is 6.61 Å². The van der Waals surface area contributed by atoms with Crippen molar-refractivity contribution < 1.29 is 9.53 Å². The van der Waals surface area contributed by atoms with Gasteiger partial charge >= 0.3 is 0 Å². The molecular formula is C18H20BrNO2. The number of aryl methyl sites for hydroxylation is 2. The van der Waals surface area contributed by atoms with Crippen molar-refractivity contribution >= 4 is 21.8 Å². The lowest BCUT2D eigenvalue weighted by Gasteiger charge is -2.15. The second-order valence-electron chi connectivity index (χ2n) is 5.38. The second-order valence-corrected chi connectivity index (χ2v) is 6.29. The monoisotopic (exact) mass is 361 g/mol. The van der Waals surface area contributed by atoms with Crippen LogP contribution in [0.15, 0.2) is 46.9 Å². The molecular weight excluding hydrogens is 342 g/mol. The van der Waals surface area contributed by atoms with Crippen molar-refractivity contribution in [3.8, 4) is 5.75 Å². The molecule has 2 aromatic rings. The summed E-state index contributed by atoms with van der Waals surface area (Å²) in [6.07, 6.45) is 0. The number of benzene rings is 2. The highest BCUT2D eigenvalue weighted by molar-refractivity contribution is 9.10. The summed E-state index contributed by atoms with van der Waals surface area (Å²) in [6, 6.07) is 13.7. The van der Waals surface area contributed by atoms with Gasteiger partial charge in [0.15, 0.2) is 6.61 Å². The van der Waals surface area contributed by atoms with Crippen LogP contribution in [0.25, 0.3) is 0 Å². The van der Waals surface area contributed by atoms with Crippen LogP contribution in [0, 0.1) is 13.8 Å². The van der Waals surface area contributed by atoms with Crippen LogP contribution in [0.5, 0.6) is 5.75 Å². The number of rotatable bonds is 5. The maximum absolute atomic E-state index is 12.0. The van der Waals surface area contributed by atoms with E-state index in [0.29, 0.717) is 0 Å². The third-order valence-electron chi connectivity index (χ3n) is 3.60. The Morgan fingerprint density at radius 2 is 1.82 bits per heavy atom. The van der Waals surface area contributed by atoms with Gasteiger partial charge in [0.25, 0.3) is 5.91 Å². The lowest BCUT2D eigenvalue weighted by molar-refractivity contribution is -0.123. The fourth-order valence-electron chi connectivity index (χ4n) is 2.07. The van der Waals surface area contributed by atoms with Crippen molar-refractivity contribution in [1.29, 1.82) is 0 Å². The van der Waals surface area contributed by atoms with E-state index in [0.717, 1.165) is 21.3 Å². The molecule has 1 N–H and O–H groups in total. The van der Waals surface area contributed by atoms with Crippen LogP contribution in [-0.4, -0.2) is 12.5 Å². The van der Waals surface area contributed by atoms with Crippen molar-refractivity contribution in [2.45, 2.75) is 26.8 Å². The molecule has 0 fully saturated rings. The Kier molecular flexibility index (Phi) is 5.61. The fourth-order valence-corrected chi connectivity index (χ4v) is 2.33. The molecule has 0 unspecified atom stereocenters. The molecule has 0 heterocycles. The van der Waals surface area contributed by atoms with Gasteiger partial charge in [-0.3, -0.25) is 4.79 Å². The van der Waals surface area contributed by atoms with Crippen molar-refractivity contribution in [1.82, 2.24) is 5.32 Å². The number of hydrogen-bond acceptors (Lipinski definition) is 2. The van der Waals surface area contributed by atoms with Crippen LogP contribution in [0.2, 0.25) is 0 Å². The Balaban J connectivity index is 1.87. The molecule has 0 aliphatic heterocycles. The zero-order valence-corrected chi connectivity index (χ0v) is 14.6. The van der Waals surface area contributed by atoms with Gasteiger partial charge in [-0.25, -0.2) is 0 Å². The molecule has 2 aromatic carbocycles. The van der Waals surface area contributed by atoms with Crippen molar-refractivity contribution in [3.63, 3.8) is 0 Å². The number of hydrogen-bond donors (Lipinski definition) is 1. The average Bonchev–Trinajstić information content (AvgIpc) is 2.49. The smallest absolute Gasteiger partial charge is 0.258 e.